The van der Waals surface area contributed by atoms with Gasteiger partial charge in [-0.05, 0) is 31.0 Å². The second-order valence-corrected chi connectivity index (χ2v) is 3.86. The number of Topliss-reactive ketones (excluding diaryl/α,β-unsaturated/α-hetero) is 1. The van der Waals surface area contributed by atoms with Gasteiger partial charge in [0.2, 0.25) is 0 Å². The van der Waals surface area contributed by atoms with E-state index in [1.165, 1.54) is 19.2 Å². The molecule has 1 aromatic carbocycles. The number of ketones is 1. The summed E-state index contributed by atoms with van der Waals surface area (Å²) in [6.45, 7) is 0. The zero-order valence-electron chi connectivity index (χ0n) is 8.90. The van der Waals surface area contributed by atoms with Crippen LogP contribution in [0.2, 0.25) is 0 Å². The third-order valence-corrected chi connectivity index (χ3v) is 2.67. The Morgan fingerprint density at radius 1 is 1.31 bits per heavy atom. The fourth-order valence-corrected chi connectivity index (χ4v) is 1.61. The standard InChI is InChI=1S/C12H12O4/c1-16-8-4-5-9(10(6-8)12(14)15)11(13)7-2-3-7/h4-7H,2-3H2,1H3,(H,14,15). The van der Waals surface area contributed by atoms with Crippen LogP contribution in [0.4, 0.5) is 0 Å². The quantitative estimate of drug-likeness (QED) is 0.788. The zero-order chi connectivity index (χ0) is 11.7. The lowest BCUT2D eigenvalue weighted by molar-refractivity contribution is 0.0691. The first-order chi connectivity index (χ1) is 7.63. The van der Waals surface area contributed by atoms with Gasteiger partial charge in [0, 0.05) is 11.5 Å². The van der Waals surface area contributed by atoms with Crippen molar-refractivity contribution in [2.75, 3.05) is 7.11 Å². The summed E-state index contributed by atoms with van der Waals surface area (Å²) in [7, 11) is 1.46. The van der Waals surface area contributed by atoms with Crippen LogP contribution in [0.5, 0.6) is 5.75 Å². The molecular weight excluding hydrogens is 208 g/mol. The average Bonchev–Trinajstić information content (AvgIpc) is 3.11. The highest BCUT2D eigenvalue weighted by Gasteiger charge is 2.32. The zero-order valence-corrected chi connectivity index (χ0v) is 8.90. The molecule has 0 saturated heterocycles. The summed E-state index contributed by atoms with van der Waals surface area (Å²) in [5, 5.41) is 9.03. The van der Waals surface area contributed by atoms with Crippen LogP contribution in [0.25, 0.3) is 0 Å². The maximum absolute atomic E-state index is 11.8. The molecule has 1 fully saturated rings. The first kappa shape index (κ1) is 10.7. The van der Waals surface area contributed by atoms with Gasteiger partial charge in [-0.15, -0.1) is 0 Å². The number of rotatable bonds is 4. The van der Waals surface area contributed by atoms with E-state index in [-0.39, 0.29) is 22.8 Å². The molecule has 84 valence electrons. The van der Waals surface area contributed by atoms with Gasteiger partial charge >= 0.3 is 5.97 Å². The number of carbonyl (C=O) groups is 2. The van der Waals surface area contributed by atoms with Gasteiger partial charge in [0.1, 0.15) is 5.75 Å². The van der Waals surface area contributed by atoms with Crippen LogP contribution in [0.15, 0.2) is 18.2 Å². The molecule has 0 spiro atoms. The van der Waals surface area contributed by atoms with Crippen molar-refractivity contribution in [3.8, 4) is 5.75 Å². The lowest BCUT2D eigenvalue weighted by atomic mass is 10.0. The Hall–Kier alpha value is -1.84. The molecule has 4 heteroatoms. The predicted molar refractivity (Wildman–Crippen MR) is 57.0 cm³/mol. The lowest BCUT2D eigenvalue weighted by Gasteiger charge is -2.06. The molecule has 0 aromatic heterocycles. The predicted octanol–water partition coefficient (Wildman–Crippen LogP) is 1.99. The molecule has 16 heavy (non-hydrogen) atoms. The molecule has 1 aliphatic carbocycles. The van der Waals surface area contributed by atoms with E-state index < -0.39 is 5.97 Å². The third-order valence-electron chi connectivity index (χ3n) is 2.67. The molecule has 0 amide bonds. The molecule has 2 rings (SSSR count). The number of aromatic carboxylic acids is 1. The van der Waals surface area contributed by atoms with Gasteiger partial charge in [0.15, 0.2) is 5.78 Å². The van der Waals surface area contributed by atoms with Crippen molar-refractivity contribution in [2.45, 2.75) is 12.8 Å². The number of carboxylic acid groups (broad SMARTS) is 1. The van der Waals surface area contributed by atoms with Crippen LogP contribution in [0, 0.1) is 5.92 Å². The lowest BCUT2D eigenvalue weighted by Crippen LogP contribution is -2.10. The van der Waals surface area contributed by atoms with Crippen molar-refractivity contribution in [1.29, 1.82) is 0 Å². The number of methoxy groups -OCH3 is 1. The monoisotopic (exact) mass is 220 g/mol. The molecule has 0 radical (unpaired) electrons. The van der Waals surface area contributed by atoms with Crippen LogP contribution in [0.3, 0.4) is 0 Å². The van der Waals surface area contributed by atoms with Crippen LogP contribution < -0.4 is 4.74 Å². The summed E-state index contributed by atoms with van der Waals surface area (Å²) in [5.74, 6) is -0.695. The first-order valence-corrected chi connectivity index (χ1v) is 5.09. The Morgan fingerprint density at radius 2 is 2.00 bits per heavy atom. The van der Waals surface area contributed by atoms with E-state index in [1.807, 2.05) is 0 Å². The molecule has 1 N–H and O–H groups in total. The van der Waals surface area contributed by atoms with E-state index in [1.54, 1.807) is 6.07 Å². The Morgan fingerprint density at radius 3 is 2.50 bits per heavy atom. The average molecular weight is 220 g/mol. The Balaban J connectivity index is 2.42. The van der Waals surface area contributed by atoms with Crippen LogP contribution in [-0.2, 0) is 0 Å². The van der Waals surface area contributed by atoms with Gasteiger partial charge in [-0.25, -0.2) is 4.79 Å². The maximum atomic E-state index is 11.8. The van der Waals surface area contributed by atoms with E-state index in [2.05, 4.69) is 0 Å². The van der Waals surface area contributed by atoms with E-state index in [0.717, 1.165) is 12.8 Å². The van der Waals surface area contributed by atoms with Gasteiger partial charge in [-0.2, -0.15) is 0 Å². The third kappa shape index (κ3) is 1.91. The summed E-state index contributed by atoms with van der Waals surface area (Å²) >= 11 is 0. The highest BCUT2D eigenvalue weighted by atomic mass is 16.5. The van der Waals surface area contributed by atoms with Gasteiger partial charge in [0.05, 0.1) is 12.7 Å². The fourth-order valence-electron chi connectivity index (χ4n) is 1.61. The molecule has 0 atom stereocenters. The SMILES string of the molecule is COc1ccc(C(=O)C2CC2)c(C(=O)O)c1. The molecule has 0 aliphatic heterocycles. The summed E-state index contributed by atoms with van der Waals surface area (Å²) in [4.78, 5) is 22.9. The Labute approximate surface area is 92.8 Å². The van der Waals surface area contributed by atoms with Crippen molar-refractivity contribution >= 4 is 11.8 Å². The second-order valence-electron chi connectivity index (χ2n) is 3.86. The fraction of sp³-hybridized carbons (Fsp3) is 0.333. The van der Waals surface area contributed by atoms with Crippen molar-refractivity contribution in [3.05, 3.63) is 29.3 Å². The molecule has 4 nitrogen and oxygen atoms in total. The summed E-state index contributed by atoms with van der Waals surface area (Å²) < 4.78 is 4.94. The summed E-state index contributed by atoms with van der Waals surface area (Å²) in [6.07, 6.45) is 1.73. The molecule has 0 unspecified atom stereocenters. The van der Waals surface area contributed by atoms with Crippen LogP contribution in [0.1, 0.15) is 33.6 Å². The number of benzene rings is 1. The van der Waals surface area contributed by atoms with E-state index >= 15 is 0 Å². The topological polar surface area (TPSA) is 63.6 Å². The number of hydrogen-bond donors (Lipinski definition) is 1. The molecular formula is C12H12O4. The largest absolute Gasteiger partial charge is 0.497 e. The van der Waals surface area contributed by atoms with E-state index in [9.17, 15) is 9.59 Å². The molecule has 1 aromatic rings. The minimum Gasteiger partial charge on any atom is -0.497 e. The van der Waals surface area contributed by atoms with Crippen molar-refractivity contribution < 1.29 is 19.4 Å². The van der Waals surface area contributed by atoms with Gasteiger partial charge in [-0.1, -0.05) is 0 Å². The normalized spacial score (nSPS) is 14.6. The number of hydrogen-bond acceptors (Lipinski definition) is 3. The first-order valence-electron chi connectivity index (χ1n) is 5.09. The van der Waals surface area contributed by atoms with Crippen molar-refractivity contribution in [3.63, 3.8) is 0 Å². The number of carboxylic acids is 1. The summed E-state index contributed by atoms with van der Waals surface area (Å²) in [5.41, 5.74) is 0.312. The molecule has 0 bridgehead atoms. The minimum atomic E-state index is -1.09. The van der Waals surface area contributed by atoms with Crippen LogP contribution in [-0.4, -0.2) is 24.0 Å². The van der Waals surface area contributed by atoms with Crippen LogP contribution >= 0.6 is 0 Å². The minimum absolute atomic E-state index is 0.0199. The Kier molecular flexibility index (Phi) is 2.64. The number of carbonyl (C=O) groups excluding carboxylic acids is 1. The molecule has 0 heterocycles. The van der Waals surface area contributed by atoms with Crippen molar-refractivity contribution in [1.82, 2.24) is 0 Å². The van der Waals surface area contributed by atoms with Gasteiger partial charge in [-0.3, -0.25) is 4.79 Å². The molecule has 1 aliphatic rings. The highest BCUT2D eigenvalue weighted by Crippen LogP contribution is 2.34. The second kappa shape index (κ2) is 3.96. The smallest absolute Gasteiger partial charge is 0.336 e. The van der Waals surface area contributed by atoms with Gasteiger partial charge < -0.3 is 9.84 Å². The Bertz CT molecular complexity index is 446. The van der Waals surface area contributed by atoms with E-state index in [0.29, 0.717) is 5.75 Å². The number of ether oxygens (including phenoxy) is 1. The maximum Gasteiger partial charge on any atom is 0.336 e. The molecule has 1 saturated carbocycles. The summed E-state index contributed by atoms with van der Waals surface area (Å²) in [6, 6.07) is 4.53. The highest BCUT2D eigenvalue weighted by molar-refractivity contribution is 6.07. The van der Waals surface area contributed by atoms with E-state index in [4.69, 9.17) is 9.84 Å². The van der Waals surface area contributed by atoms with Gasteiger partial charge in [0.25, 0.3) is 0 Å². The van der Waals surface area contributed by atoms with Crippen molar-refractivity contribution in [2.24, 2.45) is 5.92 Å².